The van der Waals surface area contributed by atoms with Crippen molar-refractivity contribution >= 4 is 28.7 Å². The molecule has 0 aromatic carbocycles. The fourth-order valence-corrected chi connectivity index (χ4v) is 3.09. The maximum Gasteiger partial charge on any atom is 0.191 e. The van der Waals surface area contributed by atoms with Crippen molar-refractivity contribution in [2.24, 2.45) is 0 Å². The number of imidazole rings is 1. The Morgan fingerprint density at radius 2 is 2.28 bits per heavy atom. The van der Waals surface area contributed by atoms with Crippen LogP contribution in [0.2, 0.25) is 0 Å². The van der Waals surface area contributed by atoms with E-state index in [-0.39, 0.29) is 25.5 Å². The maximum absolute atomic E-state index is 9.27. The van der Waals surface area contributed by atoms with Crippen LogP contribution in [0.25, 0.3) is 11.2 Å². The molecule has 8 nitrogen and oxygen atoms in total. The van der Waals surface area contributed by atoms with Gasteiger partial charge in [-0.3, -0.25) is 4.57 Å². The largest absolute Gasteiger partial charge is 0.394 e. The Labute approximate surface area is 150 Å². The molecule has 136 valence electrons. The van der Waals surface area contributed by atoms with Gasteiger partial charge in [0, 0.05) is 6.54 Å². The van der Waals surface area contributed by atoms with Crippen molar-refractivity contribution in [3.05, 3.63) is 18.0 Å². The molecule has 0 aliphatic carbocycles. The van der Waals surface area contributed by atoms with Gasteiger partial charge < -0.3 is 20.3 Å². The van der Waals surface area contributed by atoms with Gasteiger partial charge in [-0.05, 0) is 26.0 Å². The van der Waals surface area contributed by atoms with Gasteiger partial charge in [-0.2, -0.15) is 0 Å². The highest BCUT2D eigenvalue weighted by Crippen LogP contribution is 2.32. The minimum atomic E-state index is -0.170. The van der Waals surface area contributed by atoms with E-state index in [1.54, 1.807) is 6.33 Å². The summed E-state index contributed by atoms with van der Waals surface area (Å²) in [6.07, 6.45) is 6.89. The van der Waals surface area contributed by atoms with Gasteiger partial charge in [-0.1, -0.05) is 23.4 Å². The number of nitrogens with zero attached hydrogens (tertiary/aromatic N) is 4. The number of fused-ring (bicyclic) bond motifs is 1. The molecule has 0 radical (unpaired) electrons. The van der Waals surface area contributed by atoms with Crippen LogP contribution in [0.15, 0.2) is 23.1 Å². The number of hydrogen-bond donors (Lipinski definition) is 3. The van der Waals surface area contributed by atoms with E-state index in [1.165, 1.54) is 11.8 Å². The Morgan fingerprint density at radius 1 is 1.44 bits per heavy atom. The number of aliphatic hydroxyl groups is 2. The fourth-order valence-electron chi connectivity index (χ4n) is 2.73. The molecular weight excluding hydrogens is 342 g/mol. The van der Waals surface area contributed by atoms with Crippen molar-refractivity contribution in [3.8, 4) is 0 Å². The summed E-state index contributed by atoms with van der Waals surface area (Å²) < 4.78 is 7.76. The summed E-state index contributed by atoms with van der Waals surface area (Å²) in [5, 5.41) is 22.2. The molecule has 25 heavy (non-hydrogen) atoms. The zero-order valence-electron chi connectivity index (χ0n) is 14.3. The van der Waals surface area contributed by atoms with Gasteiger partial charge in [0.05, 0.1) is 25.6 Å². The molecule has 3 rings (SSSR count). The van der Waals surface area contributed by atoms with Gasteiger partial charge >= 0.3 is 0 Å². The van der Waals surface area contributed by atoms with Crippen LogP contribution in [0.3, 0.4) is 0 Å². The lowest BCUT2D eigenvalue weighted by atomic mass is 10.2. The van der Waals surface area contributed by atoms with Gasteiger partial charge in [0.1, 0.15) is 6.23 Å². The van der Waals surface area contributed by atoms with Crippen LogP contribution in [-0.2, 0) is 4.74 Å². The third-order valence-electron chi connectivity index (χ3n) is 4.15. The molecule has 1 fully saturated rings. The van der Waals surface area contributed by atoms with Crippen molar-refractivity contribution in [1.82, 2.24) is 19.5 Å². The molecule has 2 atom stereocenters. The number of nitrogens with one attached hydrogen (secondary N) is 1. The Balaban J connectivity index is 1.90. The molecule has 0 bridgehead atoms. The molecule has 2 unspecified atom stereocenters. The Kier molecular flexibility index (Phi) is 5.89. The molecule has 0 amide bonds. The normalized spacial score (nSPS) is 21.2. The summed E-state index contributed by atoms with van der Waals surface area (Å²) in [7, 11) is 0. The highest BCUT2D eigenvalue weighted by Gasteiger charge is 2.28. The van der Waals surface area contributed by atoms with Crippen LogP contribution in [-0.4, -0.2) is 61.9 Å². The number of ether oxygens (including phenoxy) is 1. The van der Waals surface area contributed by atoms with Gasteiger partial charge in [-0.15, -0.1) is 0 Å². The van der Waals surface area contributed by atoms with Crippen molar-refractivity contribution in [1.29, 1.82) is 0 Å². The third kappa shape index (κ3) is 3.95. The van der Waals surface area contributed by atoms with E-state index < -0.39 is 0 Å². The maximum atomic E-state index is 9.27. The van der Waals surface area contributed by atoms with E-state index in [0.717, 1.165) is 18.4 Å². The quantitative estimate of drug-likeness (QED) is 0.386. The first-order chi connectivity index (χ1) is 12.2. The Hall–Kier alpha value is -1.68. The lowest BCUT2D eigenvalue weighted by Crippen LogP contribution is -2.14. The van der Waals surface area contributed by atoms with E-state index in [1.807, 2.05) is 23.8 Å². The smallest absolute Gasteiger partial charge is 0.191 e. The predicted molar refractivity (Wildman–Crippen MR) is 96.7 cm³/mol. The van der Waals surface area contributed by atoms with Crippen LogP contribution in [0.5, 0.6) is 0 Å². The average Bonchev–Trinajstić information content (AvgIpc) is 3.27. The number of hydrogen-bond acceptors (Lipinski definition) is 8. The number of thioether (sulfide) groups is 1. The highest BCUT2D eigenvalue weighted by molar-refractivity contribution is 7.98. The monoisotopic (exact) mass is 365 g/mol. The van der Waals surface area contributed by atoms with Crippen LogP contribution < -0.4 is 5.32 Å². The van der Waals surface area contributed by atoms with E-state index in [9.17, 15) is 5.11 Å². The molecule has 3 heterocycles. The van der Waals surface area contributed by atoms with Crippen molar-refractivity contribution < 1.29 is 14.9 Å². The first-order valence-electron chi connectivity index (χ1n) is 8.21. The fraction of sp³-hybridized carbons (Fsp3) is 0.562. The first-order valence-corrected chi connectivity index (χ1v) is 9.44. The molecule has 1 aliphatic heterocycles. The minimum Gasteiger partial charge on any atom is -0.394 e. The SMILES string of the molecule is CSc1nc(NC/C=C(\C)CO)c2ncn(C3CCC(CO)O3)c2n1. The summed E-state index contributed by atoms with van der Waals surface area (Å²) in [6, 6.07) is 0. The lowest BCUT2D eigenvalue weighted by Gasteiger charge is -2.14. The highest BCUT2D eigenvalue weighted by atomic mass is 32.2. The van der Waals surface area contributed by atoms with E-state index in [0.29, 0.717) is 28.7 Å². The van der Waals surface area contributed by atoms with E-state index >= 15 is 0 Å². The second kappa shape index (κ2) is 8.13. The summed E-state index contributed by atoms with van der Waals surface area (Å²) in [5.41, 5.74) is 2.29. The number of aliphatic hydroxyl groups excluding tert-OH is 2. The summed E-state index contributed by atoms with van der Waals surface area (Å²) in [6.45, 7) is 2.48. The van der Waals surface area contributed by atoms with E-state index in [4.69, 9.17) is 9.84 Å². The van der Waals surface area contributed by atoms with E-state index in [2.05, 4.69) is 20.3 Å². The van der Waals surface area contributed by atoms with Crippen molar-refractivity contribution in [2.45, 2.75) is 37.3 Å². The van der Waals surface area contributed by atoms with Gasteiger partial charge in [0.15, 0.2) is 22.1 Å². The molecule has 2 aromatic rings. The summed E-state index contributed by atoms with van der Waals surface area (Å²) in [4.78, 5) is 13.6. The second-order valence-corrected chi connectivity index (χ2v) is 6.72. The third-order valence-corrected chi connectivity index (χ3v) is 4.70. The van der Waals surface area contributed by atoms with Crippen molar-refractivity contribution in [2.75, 3.05) is 31.3 Å². The molecule has 1 saturated heterocycles. The topological polar surface area (TPSA) is 105 Å². The molecule has 0 spiro atoms. The van der Waals surface area contributed by atoms with Gasteiger partial charge in [0.2, 0.25) is 0 Å². The molecular formula is C16H23N5O3S. The lowest BCUT2D eigenvalue weighted by molar-refractivity contribution is -0.0207. The van der Waals surface area contributed by atoms with Crippen LogP contribution >= 0.6 is 11.8 Å². The predicted octanol–water partition coefficient (Wildman–Crippen LogP) is 1.57. The molecule has 0 saturated carbocycles. The average molecular weight is 365 g/mol. The zero-order valence-corrected chi connectivity index (χ0v) is 15.2. The molecule has 9 heteroatoms. The van der Waals surface area contributed by atoms with Crippen LogP contribution in [0, 0.1) is 0 Å². The van der Waals surface area contributed by atoms with Gasteiger partial charge in [-0.25, -0.2) is 15.0 Å². The summed E-state index contributed by atoms with van der Waals surface area (Å²) >= 11 is 1.46. The molecule has 3 N–H and O–H groups in total. The van der Waals surface area contributed by atoms with Crippen LogP contribution in [0.1, 0.15) is 26.0 Å². The van der Waals surface area contributed by atoms with Crippen LogP contribution in [0.4, 0.5) is 5.82 Å². The standard InChI is InChI=1S/C16H23N5O3S/c1-10(7-22)5-6-17-14-13-15(20-16(19-14)25-2)21(9-18-13)12-4-3-11(8-23)24-12/h5,9,11-12,22-23H,3-4,6-8H2,1-2H3,(H,17,19,20)/b10-5+. The number of rotatable bonds is 7. The Morgan fingerprint density at radius 3 is 2.96 bits per heavy atom. The number of aromatic nitrogens is 4. The zero-order chi connectivity index (χ0) is 17.8. The Bertz CT molecular complexity index is 764. The summed E-state index contributed by atoms with van der Waals surface area (Å²) in [5.74, 6) is 0.659. The van der Waals surface area contributed by atoms with Crippen molar-refractivity contribution in [3.63, 3.8) is 0 Å². The number of anilines is 1. The first kappa shape index (κ1) is 18.1. The van der Waals surface area contributed by atoms with Gasteiger partial charge in [0.25, 0.3) is 0 Å². The molecule has 2 aromatic heterocycles. The molecule has 1 aliphatic rings. The minimum absolute atomic E-state index is 0.0253. The second-order valence-electron chi connectivity index (χ2n) is 5.95.